The van der Waals surface area contributed by atoms with Crippen LogP contribution in [0.3, 0.4) is 0 Å². The summed E-state index contributed by atoms with van der Waals surface area (Å²) < 4.78 is 8.01. The van der Waals surface area contributed by atoms with Crippen molar-refractivity contribution in [1.29, 1.82) is 0 Å². The van der Waals surface area contributed by atoms with Gasteiger partial charge in [0.25, 0.3) is 0 Å². The average molecular weight is 505 g/mol. The Kier molecular flexibility index (Phi) is 8.83. The number of amides is 1. The molecule has 2 aromatic carbocycles. The molecule has 0 atom stereocenters. The van der Waals surface area contributed by atoms with E-state index in [9.17, 15) is 4.79 Å². The lowest BCUT2D eigenvalue weighted by molar-refractivity contribution is -0.113. The Morgan fingerprint density at radius 2 is 2.03 bits per heavy atom. The van der Waals surface area contributed by atoms with E-state index < -0.39 is 0 Å². The first kappa shape index (κ1) is 25.1. The summed E-state index contributed by atoms with van der Waals surface area (Å²) in [6.07, 6.45) is 1.76. The second-order valence-corrected chi connectivity index (χ2v) is 9.53. The highest BCUT2D eigenvalue weighted by Crippen LogP contribution is 2.29. The molecule has 0 radical (unpaired) electrons. The molecule has 0 spiro atoms. The smallest absolute Gasteiger partial charge is 0.234 e. The molecular formula is C24H26Cl2N4O2S. The van der Waals surface area contributed by atoms with E-state index in [-0.39, 0.29) is 18.3 Å². The van der Waals surface area contributed by atoms with Gasteiger partial charge in [-0.25, -0.2) is 0 Å². The summed E-state index contributed by atoms with van der Waals surface area (Å²) in [6.45, 7) is 10.9. The summed E-state index contributed by atoms with van der Waals surface area (Å²) in [7, 11) is 0. The number of anilines is 1. The van der Waals surface area contributed by atoms with Crippen molar-refractivity contribution >= 4 is 46.6 Å². The summed E-state index contributed by atoms with van der Waals surface area (Å²) in [5.41, 5.74) is 2.74. The largest absolute Gasteiger partial charge is 0.485 e. The number of benzene rings is 2. The summed E-state index contributed by atoms with van der Waals surface area (Å²) in [5, 5.41) is 12.8. The first-order valence-electron chi connectivity index (χ1n) is 10.4. The molecule has 0 unspecified atom stereocenters. The first-order valence-corrected chi connectivity index (χ1v) is 12.2. The van der Waals surface area contributed by atoms with Crippen LogP contribution < -0.4 is 10.1 Å². The highest BCUT2D eigenvalue weighted by molar-refractivity contribution is 7.99. The van der Waals surface area contributed by atoms with Crippen LogP contribution in [-0.4, -0.2) is 26.4 Å². The molecule has 33 heavy (non-hydrogen) atoms. The SMILES string of the molecule is C=CCn1c(COc2cc(C)ccc2C(C)C)nnc1SCC(=O)Nc1cc(Cl)ccc1Cl. The number of hydrogen-bond acceptors (Lipinski definition) is 5. The highest BCUT2D eigenvalue weighted by atomic mass is 35.5. The standard InChI is InChI=1S/C24H26Cl2N4O2S/c1-5-10-30-22(13-32-21-11-16(4)6-8-18(21)15(2)3)28-29-24(30)33-14-23(31)27-20-12-17(25)7-9-19(20)26/h5-9,11-12,15H,1,10,13-14H2,2-4H3,(H,27,31). The normalized spacial score (nSPS) is 11.0. The number of nitrogens with one attached hydrogen (secondary N) is 1. The van der Waals surface area contributed by atoms with Crippen molar-refractivity contribution in [2.75, 3.05) is 11.1 Å². The second-order valence-electron chi connectivity index (χ2n) is 7.74. The third-order valence-electron chi connectivity index (χ3n) is 4.79. The molecule has 1 amide bonds. The highest BCUT2D eigenvalue weighted by Gasteiger charge is 2.16. The Labute approximate surface area is 208 Å². The number of halogens is 2. The number of ether oxygens (including phenoxy) is 1. The van der Waals surface area contributed by atoms with Crippen molar-refractivity contribution in [3.05, 3.63) is 76.0 Å². The van der Waals surface area contributed by atoms with Gasteiger partial charge in [0.05, 0.1) is 16.5 Å². The van der Waals surface area contributed by atoms with Gasteiger partial charge in [-0.1, -0.05) is 67.0 Å². The van der Waals surface area contributed by atoms with Crippen molar-refractivity contribution in [1.82, 2.24) is 14.8 Å². The maximum absolute atomic E-state index is 12.4. The Hall–Kier alpha value is -2.48. The topological polar surface area (TPSA) is 69.0 Å². The molecule has 174 valence electrons. The molecule has 0 aliphatic rings. The maximum Gasteiger partial charge on any atom is 0.234 e. The van der Waals surface area contributed by atoms with Crippen LogP contribution in [0.5, 0.6) is 5.75 Å². The van der Waals surface area contributed by atoms with Crippen LogP contribution in [0, 0.1) is 6.92 Å². The van der Waals surface area contributed by atoms with Gasteiger partial charge in [0, 0.05) is 11.6 Å². The molecule has 1 heterocycles. The van der Waals surface area contributed by atoms with E-state index in [0.717, 1.165) is 16.9 Å². The van der Waals surface area contributed by atoms with Gasteiger partial charge in [0.1, 0.15) is 12.4 Å². The number of carbonyl (C=O) groups is 1. The van der Waals surface area contributed by atoms with Crippen molar-refractivity contribution in [3.63, 3.8) is 0 Å². The minimum absolute atomic E-state index is 0.133. The molecule has 0 aliphatic heterocycles. The van der Waals surface area contributed by atoms with E-state index in [1.807, 2.05) is 17.6 Å². The van der Waals surface area contributed by atoms with Crippen LogP contribution in [0.25, 0.3) is 0 Å². The van der Waals surface area contributed by atoms with E-state index in [0.29, 0.717) is 39.2 Å². The number of hydrogen-bond donors (Lipinski definition) is 1. The molecule has 3 rings (SSSR count). The van der Waals surface area contributed by atoms with E-state index in [1.54, 1.807) is 24.3 Å². The van der Waals surface area contributed by atoms with E-state index in [1.165, 1.54) is 11.8 Å². The molecule has 9 heteroatoms. The van der Waals surface area contributed by atoms with Crippen LogP contribution in [0.4, 0.5) is 5.69 Å². The second kappa shape index (κ2) is 11.6. The van der Waals surface area contributed by atoms with Gasteiger partial charge in [-0.05, 0) is 48.2 Å². The average Bonchev–Trinajstić information content (AvgIpc) is 3.15. The van der Waals surface area contributed by atoms with E-state index >= 15 is 0 Å². The molecule has 0 fully saturated rings. The third kappa shape index (κ3) is 6.76. The number of rotatable bonds is 10. The lowest BCUT2D eigenvalue weighted by Gasteiger charge is -2.15. The minimum atomic E-state index is -0.226. The number of aryl methyl sites for hydroxylation is 1. The van der Waals surface area contributed by atoms with E-state index in [2.05, 4.69) is 48.1 Å². The Morgan fingerprint density at radius 1 is 1.24 bits per heavy atom. The molecule has 1 aromatic heterocycles. The van der Waals surface area contributed by atoms with Gasteiger partial charge in [-0.15, -0.1) is 16.8 Å². The number of carbonyl (C=O) groups excluding carboxylic acids is 1. The number of allylic oxidation sites excluding steroid dienone is 1. The zero-order chi connectivity index (χ0) is 24.0. The molecule has 6 nitrogen and oxygen atoms in total. The summed E-state index contributed by atoms with van der Waals surface area (Å²) in [5.74, 6) is 1.74. The Morgan fingerprint density at radius 3 is 2.76 bits per heavy atom. The van der Waals surface area contributed by atoms with Gasteiger partial charge in [-0.2, -0.15) is 0 Å². The molecule has 0 saturated heterocycles. The van der Waals surface area contributed by atoms with Gasteiger partial charge in [-0.3, -0.25) is 9.36 Å². The molecule has 3 aromatic rings. The quantitative estimate of drug-likeness (QED) is 0.251. The molecule has 0 bridgehead atoms. The van der Waals surface area contributed by atoms with Crippen LogP contribution in [-0.2, 0) is 17.9 Å². The van der Waals surface area contributed by atoms with E-state index in [4.69, 9.17) is 27.9 Å². The van der Waals surface area contributed by atoms with Crippen LogP contribution in [0.1, 0.15) is 36.7 Å². The number of thioether (sulfide) groups is 1. The van der Waals surface area contributed by atoms with Crippen LogP contribution >= 0.6 is 35.0 Å². The molecule has 0 aliphatic carbocycles. The number of aromatic nitrogens is 3. The zero-order valence-corrected chi connectivity index (χ0v) is 21.1. The molecule has 0 saturated carbocycles. The fourth-order valence-corrected chi connectivity index (χ4v) is 4.24. The predicted octanol–water partition coefficient (Wildman–Crippen LogP) is 6.51. The van der Waals surface area contributed by atoms with Crippen LogP contribution in [0.15, 0.2) is 54.2 Å². The number of nitrogens with zero attached hydrogens (tertiary/aromatic N) is 3. The van der Waals surface area contributed by atoms with Crippen molar-refractivity contribution in [2.45, 2.75) is 45.0 Å². The van der Waals surface area contributed by atoms with Gasteiger partial charge in [0.15, 0.2) is 11.0 Å². The fraction of sp³-hybridized carbons (Fsp3) is 0.292. The maximum atomic E-state index is 12.4. The van der Waals surface area contributed by atoms with Gasteiger partial charge >= 0.3 is 0 Å². The van der Waals surface area contributed by atoms with Gasteiger partial charge in [0.2, 0.25) is 5.91 Å². The lowest BCUT2D eigenvalue weighted by atomic mass is 10.0. The molecule has 1 N–H and O–H groups in total. The third-order valence-corrected chi connectivity index (χ3v) is 6.32. The van der Waals surface area contributed by atoms with Crippen LogP contribution in [0.2, 0.25) is 10.0 Å². The van der Waals surface area contributed by atoms with Crippen molar-refractivity contribution < 1.29 is 9.53 Å². The Bertz CT molecular complexity index is 1150. The van der Waals surface area contributed by atoms with Crippen molar-refractivity contribution in [3.8, 4) is 5.75 Å². The summed E-state index contributed by atoms with van der Waals surface area (Å²) in [6, 6.07) is 11.1. The monoisotopic (exact) mass is 504 g/mol. The lowest BCUT2D eigenvalue weighted by Crippen LogP contribution is -2.15. The first-order chi connectivity index (χ1) is 15.8. The zero-order valence-electron chi connectivity index (χ0n) is 18.8. The summed E-state index contributed by atoms with van der Waals surface area (Å²) in [4.78, 5) is 12.4. The van der Waals surface area contributed by atoms with Gasteiger partial charge < -0.3 is 10.1 Å². The Balaban J connectivity index is 1.68. The van der Waals surface area contributed by atoms with Crippen molar-refractivity contribution in [2.24, 2.45) is 0 Å². The molecular weight excluding hydrogens is 479 g/mol. The predicted molar refractivity (Wildman–Crippen MR) is 136 cm³/mol. The minimum Gasteiger partial charge on any atom is -0.485 e. The summed E-state index contributed by atoms with van der Waals surface area (Å²) >= 11 is 13.4. The fourth-order valence-electron chi connectivity index (χ4n) is 3.14.